The van der Waals surface area contributed by atoms with Crippen LogP contribution in [0.15, 0.2) is 18.2 Å². The first kappa shape index (κ1) is 15.4. The van der Waals surface area contributed by atoms with Gasteiger partial charge in [-0.25, -0.2) is 8.78 Å². The quantitative estimate of drug-likeness (QED) is 0.877. The van der Waals surface area contributed by atoms with E-state index in [0.29, 0.717) is 24.9 Å². The number of carboxylic acids is 1. The van der Waals surface area contributed by atoms with Gasteiger partial charge in [-0.1, -0.05) is 6.07 Å². The number of benzene rings is 1. The van der Waals surface area contributed by atoms with Crippen molar-refractivity contribution < 1.29 is 23.5 Å². The molecule has 1 aliphatic carbocycles. The van der Waals surface area contributed by atoms with Crippen molar-refractivity contribution in [2.45, 2.75) is 25.2 Å². The number of hydrogen-bond donors (Lipinski definition) is 1. The Morgan fingerprint density at radius 1 is 1.38 bits per heavy atom. The average Bonchev–Trinajstić information content (AvgIpc) is 3.17. The van der Waals surface area contributed by atoms with E-state index in [9.17, 15) is 18.4 Å². The zero-order chi connectivity index (χ0) is 15.6. The van der Waals surface area contributed by atoms with Gasteiger partial charge in [-0.15, -0.1) is 0 Å². The highest BCUT2D eigenvalue weighted by atomic mass is 19.1. The third-order valence-corrected chi connectivity index (χ3v) is 3.73. The van der Waals surface area contributed by atoms with Gasteiger partial charge in [-0.2, -0.15) is 0 Å². The van der Waals surface area contributed by atoms with E-state index in [1.165, 1.54) is 17.0 Å². The molecule has 21 heavy (non-hydrogen) atoms. The van der Waals surface area contributed by atoms with Crippen LogP contribution in [0.5, 0.6) is 0 Å². The van der Waals surface area contributed by atoms with Gasteiger partial charge in [0.05, 0.1) is 0 Å². The summed E-state index contributed by atoms with van der Waals surface area (Å²) in [6.07, 6.45) is 0.947. The van der Waals surface area contributed by atoms with Crippen LogP contribution in [0.4, 0.5) is 8.78 Å². The van der Waals surface area contributed by atoms with Crippen molar-refractivity contribution in [1.29, 1.82) is 0 Å². The number of carbonyl (C=O) groups is 2. The van der Waals surface area contributed by atoms with Crippen LogP contribution < -0.4 is 0 Å². The zero-order valence-electron chi connectivity index (χ0n) is 11.7. The summed E-state index contributed by atoms with van der Waals surface area (Å²) in [7, 11) is 1.61. The van der Waals surface area contributed by atoms with E-state index in [4.69, 9.17) is 5.11 Å². The minimum atomic E-state index is -0.895. The van der Waals surface area contributed by atoms with Crippen LogP contribution >= 0.6 is 0 Å². The molecule has 1 aromatic carbocycles. The molecular formula is C15H17F2NO3. The molecule has 2 atom stereocenters. The van der Waals surface area contributed by atoms with Gasteiger partial charge in [0.2, 0.25) is 5.91 Å². The number of carboxylic acid groups (broad SMARTS) is 1. The molecular weight excluding hydrogens is 280 g/mol. The van der Waals surface area contributed by atoms with Crippen LogP contribution in [0.3, 0.4) is 0 Å². The van der Waals surface area contributed by atoms with Gasteiger partial charge >= 0.3 is 5.97 Å². The molecule has 0 bridgehead atoms. The molecule has 1 amide bonds. The smallest absolute Gasteiger partial charge is 0.303 e. The lowest BCUT2D eigenvalue weighted by atomic mass is 10.1. The molecule has 0 unspecified atom stereocenters. The molecule has 0 aliphatic heterocycles. The lowest BCUT2D eigenvalue weighted by molar-refractivity contribution is -0.138. The Bertz CT molecular complexity index is 562. The molecule has 0 heterocycles. The molecule has 1 fully saturated rings. The molecule has 0 saturated heterocycles. The molecule has 0 aromatic heterocycles. The van der Waals surface area contributed by atoms with Gasteiger partial charge in [0.15, 0.2) is 0 Å². The Hall–Kier alpha value is -1.98. The van der Waals surface area contributed by atoms with Crippen molar-refractivity contribution in [1.82, 2.24) is 4.90 Å². The van der Waals surface area contributed by atoms with Crippen LogP contribution in [0, 0.1) is 17.6 Å². The van der Waals surface area contributed by atoms with Gasteiger partial charge in [0.25, 0.3) is 0 Å². The summed E-state index contributed by atoms with van der Waals surface area (Å²) < 4.78 is 26.5. The maximum atomic E-state index is 13.6. The summed E-state index contributed by atoms with van der Waals surface area (Å²) >= 11 is 0. The molecule has 114 valence electrons. The predicted octanol–water partition coefficient (Wildman–Crippen LogP) is 2.39. The number of carbonyl (C=O) groups excluding carboxylic acids is 1. The highest BCUT2D eigenvalue weighted by Crippen LogP contribution is 2.49. The van der Waals surface area contributed by atoms with Crippen LogP contribution in [-0.4, -0.2) is 35.5 Å². The number of rotatable bonds is 6. The minimum absolute atomic E-state index is 0.0122. The first-order chi connectivity index (χ1) is 9.90. The number of nitrogens with zero attached hydrogens (tertiary/aromatic N) is 1. The van der Waals surface area contributed by atoms with E-state index >= 15 is 0 Å². The van der Waals surface area contributed by atoms with Crippen molar-refractivity contribution in [3.05, 3.63) is 35.4 Å². The van der Waals surface area contributed by atoms with E-state index < -0.39 is 17.6 Å². The molecule has 1 aromatic rings. The van der Waals surface area contributed by atoms with Gasteiger partial charge in [-0.05, 0) is 30.4 Å². The lowest BCUT2D eigenvalue weighted by Crippen LogP contribution is -2.29. The van der Waals surface area contributed by atoms with E-state index in [1.54, 1.807) is 7.05 Å². The molecule has 1 N–H and O–H groups in total. The second-order valence-electron chi connectivity index (χ2n) is 5.37. The molecule has 1 saturated carbocycles. The summed E-state index contributed by atoms with van der Waals surface area (Å²) in [5.74, 6) is -2.77. The summed E-state index contributed by atoms with van der Waals surface area (Å²) in [4.78, 5) is 24.0. The Morgan fingerprint density at radius 3 is 2.71 bits per heavy atom. The Labute approximate surface area is 121 Å². The summed E-state index contributed by atoms with van der Waals surface area (Å²) in [6.45, 7) is 0.361. The number of amides is 1. The maximum Gasteiger partial charge on any atom is 0.303 e. The second-order valence-corrected chi connectivity index (χ2v) is 5.37. The van der Waals surface area contributed by atoms with Crippen molar-refractivity contribution in [3.63, 3.8) is 0 Å². The van der Waals surface area contributed by atoms with E-state index in [1.807, 2.05) is 0 Å². The summed E-state index contributed by atoms with van der Waals surface area (Å²) in [5.41, 5.74) is 0.369. The average molecular weight is 297 g/mol. The first-order valence-electron chi connectivity index (χ1n) is 6.82. The van der Waals surface area contributed by atoms with Gasteiger partial charge in [0.1, 0.15) is 11.6 Å². The number of aliphatic carboxylic acids is 1. The van der Waals surface area contributed by atoms with Crippen LogP contribution in [0.25, 0.3) is 0 Å². The van der Waals surface area contributed by atoms with Crippen LogP contribution in [0.1, 0.15) is 30.7 Å². The fourth-order valence-corrected chi connectivity index (χ4v) is 2.47. The maximum absolute atomic E-state index is 13.6. The van der Waals surface area contributed by atoms with Crippen LogP contribution in [-0.2, 0) is 9.59 Å². The zero-order valence-corrected chi connectivity index (χ0v) is 11.7. The van der Waals surface area contributed by atoms with Gasteiger partial charge in [-0.3, -0.25) is 9.59 Å². The highest BCUT2D eigenvalue weighted by Gasteiger charge is 2.46. The van der Waals surface area contributed by atoms with Crippen molar-refractivity contribution in [3.8, 4) is 0 Å². The summed E-state index contributed by atoms with van der Waals surface area (Å²) in [6, 6.07) is 3.40. The normalized spacial score (nSPS) is 20.1. The SMILES string of the molecule is CN(CCCC(=O)O)C(=O)[C@@H]1C[C@@H]1c1ccc(F)cc1F. The topological polar surface area (TPSA) is 57.6 Å². The third-order valence-electron chi connectivity index (χ3n) is 3.73. The van der Waals surface area contributed by atoms with Crippen molar-refractivity contribution >= 4 is 11.9 Å². The van der Waals surface area contributed by atoms with Crippen LogP contribution in [0.2, 0.25) is 0 Å². The molecule has 4 nitrogen and oxygen atoms in total. The standard InChI is InChI=1S/C15H17F2NO3/c1-18(6-2-3-14(19)20)15(21)12-8-11(12)10-5-4-9(16)7-13(10)17/h4-5,7,11-12H,2-3,6,8H2,1H3,(H,19,20)/t11-,12-/m1/s1. The van der Waals surface area contributed by atoms with Crippen molar-refractivity contribution in [2.75, 3.05) is 13.6 Å². The largest absolute Gasteiger partial charge is 0.481 e. The predicted molar refractivity (Wildman–Crippen MR) is 71.7 cm³/mol. The van der Waals surface area contributed by atoms with E-state index in [0.717, 1.165) is 6.07 Å². The fourth-order valence-electron chi connectivity index (χ4n) is 2.47. The molecule has 2 rings (SSSR count). The Balaban J connectivity index is 1.90. The molecule has 1 aliphatic rings. The Kier molecular flexibility index (Phi) is 4.55. The second kappa shape index (κ2) is 6.20. The first-order valence-corrected chi connectivity index (χ1v) is 6.82. The van der Waals surface area contributed by atoms with E-state index in [-0.39, 0.29) is 24.2 Å². The van der Waals surface area contributed by atoms with Gasteiger partial charge in [0, 0.05) is 32.0 Å². The monoisotopic (exact) mass is 297 g/mol. The van der Waals surface area contributed by atoms with Crippen molar-refractivity contribution in [2.24, 2.45) is 5.92 Å². The molecule has 6 heteroatoms. The van der Waals surface area contributed by atoms with Gasteiger partial charge < -0.3 is 10.0 Å². The third kappa shape index (κ3) is 3.77. The molecule has 0 spiro atoms. The highest BCUT2D eigenvalue weighted by molar-refractivity contribution is 5.82. The Morgan fingerprint density at radius 2 is 2.10 bits per heavy atom. The van der Waals surface area contributed by atoms with E-state index in [2.05, 4.69) is 0 Å². The number of halogens is 2. The lowest BCUT2D eigenvalue weighted by Gasteiger charge is -2.16. The number of hydrogen-bond acceptors (Lipinski definition) is 2. The summed E-state index contributed by atoms with van der Waals surface area (Å²) in [5, 5.41) is 8.55. The molecule has 0 radical (unpaired) electrons. The minimum Gasteiger partial charge on any atom is -0.481 e. The fraction of sp³-hybridized carbons (Fsp3) is 0.467.